The minimum Gasteiger partial charge on any atom is -0.369 e. The first-order valence-electron chi connectivity index (χ1n) is 8.04. The third-order valence-electron chi connectivity index (χ3n) is 3.90. The fourth-order valence-corrected chi connectivity index (χ4v) is 2.12. The Balaban J connectivity index is 4.53. The Morgan fingerprint density at radius 2 is 1.70 bits per heavy atom. The van der Waals surface area contributed by atoms with E-state index in [0.29, 0.717) is 12.0 Å². The molecule has 1 atom stereocenters. The zero-order valence-corrected chi connectivity index (χ0v) is 14.8. The van der Waals surface area contributed by atoms with Gasteiger partial charge in [-0.1, -0.05) is 43.7 Å². The topological polar surface area (TPSA) is 3.24 Å². The SMILES string of the molecule is C=C(C(C)CC)N(C/C=C(/C)CCC=C(C)C)C(C)C. The molecule has 0 aromatic heterocycles. The minimum atomic E-state index is 0.512. The highest BCUT2D eigenvalue weighted by molar-refractivity contribution is 5.07. The van der Waals surface area contributed by atoms with Crippen molar-refractivity contribution in [2.24, 2.45) is 5.92 Å². The van der Waals surface area contributed by atoms with Crippen LogP contribution in [-0.2, 0) is 0 Å². The minimum absolute atomic E-state index is 0.512. The number of nitrogens with zero attached hydrogens (tertiary/aromatic N) is 1. The van der Waals surface area contributed by atoms with Crippen molar-refractivity contribution >= 4 is 0 Å². The molecule has 0 aliphatic rings. The average Bonchev–Trinajstić information content (AvgIpc) is 2.36. The first kappa shape index (κ1) is 19.0. The van der Waals surface area contributed by atoms with Gasteiger partial charge in [0.1, 0.15) is 0 Å². The fraction of sp³-hybridized carbons (Fsp3) is 0.684. The molecule has 0 aromatic rings. The van der Waals surface area contributed by atoms with Gasteiger partial charge in [-0.15, -0.1) is 0 Å². The molecule has 1 nitrogen and oxygen atoms in total. The van der Waals surface area contributed by atoms with E-state index in [1.54, 1.807) is 0 Å². The van der Waals surface area contributed by atoms with E-state index in [9.17, 15) is 0 Å². The molecule has 116 valence electrons. The molecule has 0 fully saturated rings. The highest BCUT2D eigenvalue weighted by atomic mass is 15.2. The molecule has 20 heavy (non-hydrogen) atoms. The van der Waals surface area contributed by atoms with Gasteiger partial charge >= 0.3 is 0 Å². The molecule has 0 aliphatic carbocycles. The summed E-state index contributed by atoms with van der Waals surface area (Å²) >= 11 is 0. The maximum absolute atomic E-state index is 4.30. The predicted octanol–water partition coefficient (Wildman–Crippen LogP) is 5.95. The second-order valence-electron chi connectivity index (χ2n) is 6.42. The molecular weight excluding hydrogens is 242 g/mol. The van der Waals surface area contributed by atoms with Crippen LogP contribution in [-0.4, -0.2) is 17.5 Å². The molecule has 0 bridgehead atoms. The monoisotopic (exact) mass is 277 g/mol. The molecule has 0 amide bonds. The van der Waals surface area contributed by atoms with E-state index in [-0.39, 0.29) is 0 Å². The van der Waals surface area contributed by atoms with Crippen LogP contribution in [0.2, 0.25) is 0 Å². The molecule has 0 N–H and O–H groups in total. The van der Waals surface area contributed by atoms with E-state index < -0.39 is 0 Å². The van der Waals surface area contributed by atoms with Crippen molar-refractivity contribution in [3.05, 3.63) is 35.6 Å². The Morgan fingerprint density at radius 3 is 2.15 bits per heavy atom. The summed E-state index contributed by atoms with van der Waals surface area (Å²) in [6, 6.07) is 0.512. The van der Waals surface area contributed by atoms with E-state index in [1.165, 1.54) is 16.8 Å². The van der Waals surface area contributed by atoms with Crippen molar-refractivity contribution in [1.29, 1.82) is 0 Å². The predicted molar refractivity (Wildman–Crippen MR) is 92.9 cm³/mol. The molecule has 0 saturated carbocycles. The van der Waals surface area contributed by atoms with Crippen molar-refractivity contribution < 1.29 is 0 Å². The molecule has 1 unspecified atom stereocenters. The quantitative estimate of drug-likeness (QED) is 0.471. The van der Waals surface area contributed by atoms with Gasteiger partial charge in [-0.05, 0) is 59.8 Å². The third kappa shape index (κ3) is 7.57. The second kappa shape index (κ2) is 9.85. The molecule has 0 aromatic carbocycles. The van der Waals surface area contributed by atoms with Gasteiger partial charge in [-0.25, -0.2) is 0 Å². The normalized spacial score (nSPS) is 13.3. The lowest BCUT2D eigenvalue weighted by atomic mass is 10.0. The summed E-state index contributed by atoms with van der Waals surface area (Å²) in [5.74, 6) is 0.566. The van der Waals surface area contributed by atoms with Crippen molar-refractivity contribution in [2.75, 3.05) is 6.54 Å². The summed E-state index contributed by atoms with van der Waals surface area (Å²) in [5, 5.41) is 0. The Kier molecular flexibility index (Phi) is 9.37. The van der Waals surface area contributed by atoms with Crippen LogP contribution in [0.3, 0.4) is 0 Å². The van der Waals surface area contributed by atoms with E-state index in [1.807, 2.05) is 0 Å². The maximum atomic E-state index is 4.30. The van der Waals surface area contributed by atoms with Crippen LogP contribution in [0.15, 0.2) is 35.6 Å². The van der Waals surface area contributed by atoms with Gasteiger partial charge in [-0.3, -0.25) is 0 Å². The van der Waals surface area contributed by atoms with E-state index in [0.717, 1.165) is 25.8 Å². The summed E-state index contributed by atoms with van der Waals surface area (Å²) in [4.78, 5) is 2.43. The summed E-state index contributed by atoms with van der Waals surface area (Å²) in [5.41, 5.74) is 4.16. The number of hydrogen-bond acceptors (Lipinski definition) is 1. The number of hydrogen-bond donors (Lipinski definition) is 0. The van der Waals surface area contributed by atoms with Crippen LogP contribution in [0.25, 0.3) is 0 Å². The highest BCUT2D eigenvalue weighted by Crippen LogP contribution is 2.20. The zero-order chi connectivity index (χ0) is 15.7. The van der Waals surface area contributed by atoms with Gasteiger partial charge in [0.15, 0.2) is 0 Å². The maximum Gasteiger partial charge on any atom is 0.0361 e. The molecule has 0 spiro atoms. The van der Waals surface area contributed by atoms with Crippen molar-refractivity contribution in [1.82, 2.24) is 4.90 Å². The van der Waals surface area contributed by atoms with E-state index in [2.05, 4.69) is 72.1 Å². The van der Waals surface area contributed by atoms with E-state index in [4.69, 9.17) is 0 Å². The molecule has 0 radical (unpaired) electrons. The van der Waals surface area contributed by atoms with Crippen LogP contribution in [0, 0.1) is 5.92 Å². The van der Waals surface area contributed by atoms with Crippen molar-refractivity contribution in [3.8, 4) is 0 Å². The lowest BCUT2D eigenvalue weighted by molar-refractivity contribution is 0.278. The van der Waals surface area contributed by atoms with Crippen LogP contribution in [0.1, 0.15) is 67.7 Å². The Bertz CT molecular complexity index is 343. The molecule has 0 heterocycles. The largest absolute Gasteiger partial charge is 0.369 e. The van der Waals surface area contributed by atoms with Gasteiger partial charge in [0, 0.05) is 18.3 Å². The van der Waals surface area contributed by atoms with Crippen molar-refractivity contribution in [2.45, 2.75) is 73.8 Å². The van der Waals surface area contributed by atoms with Gasteiger partial charge in [0.05, 0.1) is 0 Å². The Hall–Kier alpha value is -0.980. The molecular formula is C19H35N. The molecule has 0 rings (SSSR count). The lowest BCUT2D eigenvalue weighted by Crippen LogP contribution is -2.32. The third-order valence-corrected chi connectivity index (χ3v) is 3.90. The lowest BCUT2D eigenvalue weighted by Gasteiger charge is -2.33. The van der Waals surface area contributed by atoms with Crippen LogP contribution in [0.5, 0.6) is 0 Å². The smallest absolute Gasteiger partial charge is 0.0361 e. The molecule has 0 saturated heterocycles. The first-order valence-corrected chi connectivity index (χ1v) is 8.04. The first-order chi connectivity index (χ1) is 9.29. The second-order valence-corrected chi connectivity index (χ2v) is 6.42. The average molecular weight is 277 g/mol. The highest BCUT2D eigenvalue weighted by Gasteiger charge is 2.14. The van der Waals surface area contributed by atoms with Gasteiger partial charge < -0.3 is 4.90 Å². The van der Waals surface area contributed by atoms with Crippen LogP contribution < -0.4 is 0 Å². The van der Waals surface area contributed by atoms with Gasteiger partial charge in [0.25, 0.3) is 0 Å². The number of rotatable bonds is 9. The van der Waals surface area contributed by atoms with Crippen LogP contribution in [0.4, 0.5) is 0 Å². The molecule has 0 aliphatic heterocycles. The van der Waals surface area contributed by atoms with Crippen molar-refractivity contribution in [3.63, 3.8) is 0 Å². The van der Waals surface area contributed by atoms with Crippen LogP contribution >= 0.6 is 0 Å². The fourth-order valence-electron chi connectivity index (χ4n) is 2.12. The summed E-state index contributed by atoms with van der Waals surface area (Å²) in [7, 11) is 0. The van der Waals surface area contributed by atoms with Gasteiger partial charge in [0.2, 0.25) is 0 Å². The standard InChI is InChI=1S/C19H35N/c1-9-18(7)19(8)20(16(4)5)14-13-17(6)12-10-11-15(2)3/h11,13,16,18H,8-10,12,14H2,1-7H3/b17-13-. The van der Waals surface area contributed by atoms with Gasteiger partial charge in [-0.2, -0.15) is 0 Å². The Labute approximate surface area is 127 Å². The Morgan fingerprint density at radius 1 is 1.10 bits per heavy atom. The summed E-state index contributed by atoms with van der Waals surface area (Å²) in [6.45, 7) is 20.8. The van der Waals surface area contributed by atoms with E-state index >= 15 is 0 Å². The molecule has 1 heteroatoms. The summed E-state index contributed by atoms with van der Waals surface area (Å²) < 4.78 is 0. The zero-order valence-electron chi connectivity index (χ0n) is 14.8. The summed E-state index contributed by atoms with van der Waals surface area (Å²) in [6.07, 6.45) is 8.15. The number of allylic oxidation sites excluding steroid dienone is 4.